The first kappa shape index (κ1) is 28.6. The van der Waals surface area contributed by atoms with Crippen LogP contribution in [0.15, 0.2) is 58.4 Å². The molecule has 0 radical (unpaired) electrons. The minimum atomic E-state index is -3.87. The first-order chi connectivity index (χ1) is 19.3. The third kappa shape index (κ3) is 4.25. The number of amides is 1. The number of nitrogens with zero attached hydrogens (tertiary/aromatic N) is 3. The highest BCUT2D eigenvalue weighted by atomic mass is 35.5. The first-order valence-electron chi connectivity index (χ1n) is 14.5. The van der Waals surface area contributed by atoms with Crippen molar-refractivity contribution >= 4 is 33.4 Å². The second-order valence-corrected chi connectivity index (χ2v) is 15.3. The molecule has 3 aliphatic carbocycles. The van der Waals surface area contributed by atoms with Crippen LogP contribution < -0.4 is 5.32 Å². The number of carbonyl (C=O) groups is 1. The topological polar surface area (TPSA) is 82.1 Å². The van der Waals surface area contributed by atoms with Crippen molar-refractivity contribution in [3.05, 3.63) is 64.9 Å². The van der Waals surface area contributed by atoms with Crippen molar-refractivity contribution in [2.75, 3.05) is 6.54 Å². The standard InChI is InChI=1S/C31H38ClFN4O3S/c1-5-30(6-2)14-15-36(30)26(38)25-28(3,4)35-27(34-25)29-18-31(19-29,20-29)37(17-21-12-13-23(32)24(33)16-21)41(39,40)22-10-8-7-9-11-22/h7-13,16,25H,5-6,14-15,17-20H2,1-4H3,(H,34,35)/t25-,29?,31?/m0/s1. The van der Waals surface area contributed by atoms with Gasteiger partial charge < -0.3 is 10.2 Å². The van der Waals surface area contributed by atoms with Crippen molar-refractivity contribution in [3.63, 3.8) is 0 Å². The maximum Gasteiger partial charge on any atom is 0.250 e. The molecule has 5 aliphatic rings. The summed E-state index contributed by atoms with van der Waals surface area (Å²) >= 11 is 5.90. The number of aliphatic imine (C=N–C) groups is 1. The molecule has 0 aromatic heterocycles. The number of halogens is 2. The van der Waals surface area contributed by atoms with Crippen LogP contribution in [0.4, 0.5) is 4.39 Å². The maximum absolute atomic E-state index is 14.3. The van der Waals surface area contributed by atoms with Gasteiger partial charge in [-0.15, -0.1) is 0 Å². The van der Waals surface area contributed by atoms with Crippen molar-refractivity contribution in [3.8, 4) is 0 Å². The minimum Gasteiger partial charge on any atom is -0.366 e. The maximum atomic E-state index is 14.3. The molecule has 2 aliphatic heterocycles. The van der Waals surface area contributed by atoms with Gasteiger partial charge in [0.1, 0.15) is 11.7 Å². The number of likely N-dealkylation sites (tertiary alicyclic amines) is 1. The molecule has 220 valence electrons. The van der Waals surface area contributed by atoms with Crippen LogP contribution in [0.2, 0.25) is 5.02 Å². The van der Waals surface area contributed by atoms with Gasteiger partial charge in [-0.1, -0.05) is 49.7 Å². The number of sulfonamides is 1. The van der Waals surface area contributed by atoms with E-state index in [9.17, 15) is 17.6 Å². The highest BCUT2D eigenvalue weighted by Crippen LogP contribution is 2.71. The molecule has 1 atom stereocenters. The van der Waals surface area contributed by atoms with E-state index in [1.54, 1.807) is 40.7 Å². The molecular weight excluding hydrogens is 563 g/mol. The Bertz CT molecular complexity index is 1500. The quantitative estimate of drug-likeness (QED) is 0.410. The van der Waals surface area contributed by atoms with Crippen LogP contribution >= 0.6 is 11.6 Å². The van der Waals surface area contributed by atoms with Crippen LogP contribution in [0.1, 0.15) is 71.8 Å². The summed E-state index contributed by atoms with van der Waals surface area (Å²) in [5, 5.41) is 3.57. The molecule has 7 nitrogen and oxygen atoms in total. The van der Waals surface area contributed by atoms with E-state index in [1.165, 1.54) is 12.1 Å². The molecule has 2 heterocycles. The van der Waals surface area contributed by atoms with E-state index in [0.717, 1.165) is 31.6 Å². The number of hydrogen-bond acceptors (Lipinski definition) is 5. The van der Waals surface area contributed by atoms with Gasteiger partial charge in [-0.05, 0) is 82.2 Å². The van der Waals surface area contributed by atoms with E-state index in [4.69, 9.17) is 16.6 Å². The summed E-state index contributed by atoms with van der Waals surface area (Å²) in [4.78, 5) is 21.0. The molecule has 2 aromatic rings. The van der Waals surface area contributed by atoms with Gasteiger partial charge in [-0.25, -0.2) is 12.8 Å². The Kier molecular flexibility index (Phi) is 6.64. The zero-order valence-electron chi connectivity index (χ0n) is 24.1. The number of benzene rings is 2. The van der Waals surface area contributed by atoms with Crippen molar-refractivity contribution < 1.29 is 17.6 Å². The first-order valence-corrected chi connectivity index (χ1v) is 16.3. The van der Waals surface area contributed by atoms with E-state index in [1.807, 2.05) is 18.7 Å². The van der Waals surface area contributed by atoms with Crippen LogP contribution in [0.25, 0.3) is 0 Å². The normalized spacial score (nSPS) is 29.2. The van der Waals surface area contributed by atoms with Crippen LogP contribution in [-0.2, 0) is 21.4 Å². The van der Waals surface area contributed by atoms with Gasteiger partial charge in [0, 0.05) is 29.6 Å². The van der Waals surface area contributed by atoms with Crippen LogP contribution in [0, 0.1) is 11.2 Å². The van der Waals surface area contributed by atoms with Gasteiger partial charge in [0.05, 0.1) is 15.5 Å². The smallest absolute Gasteiger partial charge is 0.250 e. The number of rotatable bonds is 9. The van der Waals surface area contributed by atoms with Crippen molar-refractivity contribution in [2.24, 2.45) is 10.4 Å². The Balaban J connectivity index is 1.26. The lowest BCUT2D eigenvalue weighted by Gasteiger charge is -2.73. The van der Waals surface area contributed by atoms with Gasteiger partial charge in [0.25, 0.3) is 0 Å². The Morgan fingerprint density at radius 2 is 1.78 bits per heavy atom. The predicted octanol–water partition coefficient (Wildman–Crippen LogP) is 5.53. The minimum absolute atomic E-state index is 0.000984. The predicted molar refractivity (Wildman–Crippen MR) is 158 cm³/mol. The van der Waals surface area contributed by atoms with Crippen molar-refractivity contribution in [1.29, 1.82) is 0 Å². The molecule has 1 amide bonds. The Labute approximate surface area is 247 Å². The summed E-state index contributed by atoms with van der Waals surface area (Å²) in [6.45, 7) is 9.14. The summed E-state index contributed by atoms with van der Waals surface area (Å²) < 4.78 is 43.8. The second-order valence-electron chi connectivity index (χ2n) is 13.0. The molecule has 2 aromatic carbocycles. The molecule has 2 bridgehead atoms. The van der Waals surface area contributed by atoms with E-state index >= 15 is 0 Å². The Morgan fingerprint density at radius 1 is 1.12 bits per heavy atom. The third-order valence-electron chi connectivity index (χ3n) is 10.2. The Morgan fingerprint density at radius 3 is 2.34 bits per heavy atom. The second kappa shape index (κ2) is 9.51. The van der Waals surface area contributed by atoms with Gasteiger partial charge in [0.2, 0.25) is 15.9 Å². The van der Waals surface area contributed by atoms with Crippen molar-refractivity contribution in [1.82, 2.24) is 14.5 Å². The molecular formula is C31H38ClFN4O3S. The molecule has 4 fully saturated rings. The molecule has 1 saturated heterocycles. The third-order valence-corrected chi connectivity index (χ3v) is 12.5. The van der Waals surface area contributed by atoms with Crippen molar-refractivity contribution in [2.45, 2.75) is 100 Å². The zero-order chi connectivity index (χ0) is 29.4. The highest BCUT2D eigenvalue weighted by molar-refractivity contribution is 7.89. The van der Waals surface area contributed by atoms with Crippen LogP contribution in [0.3, 0.4) is 0 Å². The summed E-state index contributed by atoms with van der Waals surface area (Å²) in [5.41, 5.74) is -0.951. The number of carbonyl (C=O) groups excluding carboxylic acids is 1. The number of amidine groups is 1. The SMILES string of the molecule is CCC1(CC)CCN1C(=O)[C@@H]1N=C(C23CC(N(Cc4ccc(Cl)c(F)c4)S(=O)(=O)c4ccccc4)(C2)C3)NC1(C)C. The number of nitrogens with one attached hydrogen (secondary N) is 1. The van der Waals surface area contributed by atoms with E-state index < -0.39 is 33.0 Å². The van der Waals surface area contributed by atoms with E-state index in [2.05, 4.69) is 19.2 Å². The van der Waals surface area contributed by atoms with E-state index in [0.29, 0.717) is 24.8 Å². The molecule has 41 heavy (non-hydrogen) atoms. The van der Waals surface area contributed by atoms with Crippen LogP contribution in [-0.4, -0.2) is 58.6 Å². The average Bonchev–Trinajstić information content (AvgIpc) is 3.19. The van der Waals surface area contributed by atoms with E-state index in [-0.39, 0.29) is 33.3 Å². The molecule has 1 N–H and O–H groups in total. The van der Waals surface area contributed by atoms with Gasteiger partial charge in [0.15, 0.2) is 6.04 Å². The fourth-order valence-electron chi connectivity index (χ4n) is 7.63. The summed E-state index contributed by atoms with van der Waals surface area (Å²) in [6, 6.07) is 12.3. The Hall–Kier alpha value is -2.49. The summed E-state index contributed by atoms with van der Waals surface area (Å²) in [7, 11) is -3.87. The molecule has 0 spiro atoms. The number of hydrogen-bond donors (Lipinski definition) is 1. The summed E-state index contributed by atoms with van der Waals surface area (Å²) in [6.07, 6.45) is 4.69. The van der Waals surface area contributed by atoms with Gasteiger partial charge >= 0.3 is 0 Å². The lowest BCUT2D eigenvalue weighted by atomic mass is 9.38. The molecule has 0 unspecified atom stereocenters. The lowest BCUT2D eigenvalue weighted by molar-refractivity contribution is -0.151. The van der Waals surface area contributed by atoms with Gasteiger partial charge in [-0.2, -0.15) is 4.31 Å². The van der Waals surface area contributed by atoms with Gasteiger partial charge in [-0.3, -0.25) is 9.79 Å². The molecule has 3 saturated carbocycles. The highest BCUT2D eigenvalue weighted by Gasteiger charge is 2.75. The molecule has 7 rings (SSSR count). The zero-order valence-corrected chi connectivity index (χ0v) is 25.7. The fourth-order valence-corrected chi connectivity index (χ4v) is 9.52. The monoisotopic (exact) mass is 600 g/mol. The average molecular weight is 601 g/mol. The summed E-state index contributed by atoms with van der Waals surface area (Å²) in [5.74, 6) is 0.318. The lowest BCUT2D eigenvalue weighted by Crippen LogP contribution is -2.78. The fraction of sp³-hybridized carbons (Fsp3) is 0.548. The largest absolute Gasteiger partial charge is 0.366 e. The molecule has 10 heteroatoms. The van der Waals surface area contributed by atoms with Crippen LogP contribution in [0.5, 0.6) is 0 Å².